The Labute approximate surface area is 145 Å². The molecule has 0 radical (unpaired) electrons. The van der Waals surface area contributed by atoms with Crippen molar-refractivity contribution < 1.29 is 27.1 Å². The van der Waals surface area contributed by atoms with Crippen LogP contribution >= 0.6 is 15.9 Å². The van der Waals surface area contributed by atoms with E-state index in [1.807, 2.05) is 0 Å². The molecule has 0 bridgehead atoms. The molecule has 4 nitrogen and oxygen atoms in total. The van der Waals surface area contributed by atoms with Gasteiger partial charge in [0.1, 0.15) is 17.3 Å². The molecule has 0 aliphatic heterocycles. The minimum absolute atomic E-state index is 0.0466. The lowest BCUT2D eigenvalue weighted by atomic mass is 10.2. The van der Waals surface area contributed by atoms with E-state index in [1.165, 1.54) is 12.1 Å². The van der Waals surface area contributed by atoms with Crippen LogP contribution < -0.4 is 10.1 Å². The van der Waals surface area contributed by atoms with Gasteiger partial charge in [-0.1, -0.05) is 6.07 Å². The van der Waals surface area contributed by atoms with E-state index in [0.717, 1.165) is 0 Å². The van der Waals surface area contributed by atoms with Crippen LogP contribution in [0.25, 0.3) is 0 Å². The Morgan fingerprint density at radius 3 is 2.46 bits per heavy atom. The largest absolute Gasteiger partial charge is 0.482 e. The molecule has 8 heteroatoms. The number of anilines is 1. The van der Waals surface area contributed by atoms with E-state index in [9.17, 15) is 18.0 Å². The molecule has 2 aromatic rings. The molecule has 0 fully saturated rings. The van der Waals surface area contributed by atoms with Crippen LogP contribution in [0, 0.1) is 20.8 Å². The Balaban J connectivity index is 2.27. The zero-order chi connectivity index (χ0) is 18.1. The highest BCUT2D eigenvalue weighted by molar-refractivity contribution is 9.10. The number of amides is 1. The molecule has 0 aliphatic carbocycles. The second-order valence-corrected chi connectivity index (χ2v) is 6.05. The maximum atomic E-state index is 12.4. The van der Waals surface area contributed by atoms with Gasteiger partial charge in [-0.2, -0.15) is 13.2 Å². The molecule has 1 heterocycles. The first kappa shape index (κ1) is 18.4. The highest BCUT2D eigenvalue weighted by Crippen LogP contribution is 2.31. The van der Waals surface area contributed by atoms with Crippen molar-refractivity contribution in [2.45, 2.75) is 26.9 Å². The summed E-state index contributed by atoms with van der Waals surface area (Å²) >= 11 is 3.27. The van der Waals surface area contributed by atoms with Gasteiger partial charge in [0.25, 0.3) is 5.91 Å². The van der Waals surface area contributed by atoms with Crippen LogP contribution in [-0.2, 0) is 0 Å². The number of hydrogen-bond acceptors (Lipinski definition) is 3. The van der Waals surface area contributed by atoms with Crippen molar-refractivity contribution in [3.8, 4) is 5.75 Å². The maximum Gasteiger partial charge on any atom is 0.422 e. The van der Waals surface area contributed by atoms with Crippen molar-refractivity contribution in [2.24, 2.45) is 0 Å². The van der Waals surface area contributed by atoms with E-state index >= 15 is 0 Å². The topological polar surface area (TPSA) is 51.5 Å². The fourth-order valence-corrected chi connectivity index (χ4v) is 2.65. The van der Waals surface area contributed by atoms with Crippen LogP contribution in [0.5, 0.6) is 5.75 Å². The molecule has 0 unspecified atom stereocenters. The Hall–Kier alpha value is -1.96. The van der Waals surface area contributed by atoms with E-state index in [4.69, 9.17) is 9.15 Å². The molecule has 130 valence electrons. The molecular weight excluding hydrogens is 391 g/mol. The van der Waals surface area contributed by atoms with Crippen LogP contribution in [0.15, 0.2) is 27.1 Å². The number of nitrogens with one attached hydrogen (secondary N) is 1. The zero-order valence-corrected chi connectivity index (χ0v) is 14.8. The first-order chi connectivity index (χ1) is 11.1. The number of carbonyl (C=O) groups is 1. The highest BCUT2D eigenvalue weighted by atomic mass is 79.9. The average Bonchev–Trinajstić information content (AvgIpc) is 2.71. The lowest BCUT2D eigenvalue weighted by Crippen LogP contribution is -2.20. The van der Waals surface area contributed by atoms with Crippen molar-refractivity contribution in [1.29, 1.82) is 0 Å². The van der Waals surface area contributed by atoms with Crippen molar-refractivity contribution in [3.63, 3.8) is 0 Å². The summed E-state index contributed by atoms with van der Waals surface area (Å²) in [6.45, 7) is 3.60. The van der Waals surface area contributed by atoms with Crippen LogP contribution in [0.4, 0.5) is 18.9 Å². The Bertz CT molecular complexity index is 769. The summed E-state index contributed by atoms with van der Waals surface area (Å²) in [6.07, 6.45) is -4.47. The number of ether oxygens (including phenoxy) is 1. The third-order valence-corrected chi connectivity index (χ3v) is 4.15. The molecular formula is C16H15BrF3NO3. The standard InChI is InChI=1S/C16H15BrF3NO3/c1-8-4-5-11(12(6-8)23-7-16(18,19)20)21-15(22)13-9(2)24-10(3)14(13)17/h4-6H,7H2,1-3H3,(H,21,22). The summed E-state index contributed by atoms with van der Waals surface area (Å²) in [5, 5.41) is 2.56. The summed E-state index contributed by atoms with van der Waals surface area (Å²) in [7, 11) is 0. The Morgan fingerprint density at radius 2 is 1.92 bits per heavy atom. The van der Waals surface area contributed by atoms with Gasteiger partial charge >= 0.3 is 6.18 Å². The van der Waals surface area contributed by atoms with Crippen molar-refractivity contribution in [2.75, 3.05) is 11.9 Å². The number of halogens is 4. The smallest absolute Gasteiger partial charge is 0.422 e. The quantitative estimate of drug-likeness (QED) is 0.763. The van der Waals surface area contributed by atoms with E-state index in [-0.39, 0.29) is 17.0 Å². The van der Waals surface area contributed by atoms with Crippen molar-refractivity contribution in [3.05, 3.63) is 45.3 Å². The first-order valence-corrected chi connectivity index (χ1v) is 7.75. The van der Waals surface area contributed by atoms with E-state index in [0.29, 0.717) is 21.6 Å². The van der Waals surface area contributed by atoms with E-state index in [2.05, 4.69) is 21.2 Å². The summed E-state index contributed by atoms with van der Waals surface area (Å²) < 4.78 is 47.8. The molecule has 1 amide bonds. The lowest BCUT2D eigenvalue weighted by molar-refractivity contribution is -0.153. The lowest BCUT2D eigenvalue weighted by Gasteiger charge is -2.14. The summed E-state index contributed by atoms with van der Waals surface area (Å²) in [6, 6.07) is 4.59. The molecule has 2 rings (SSSR count). The maximum absolute atomic E-state index is 12.4. The highest BCUT2D eigenvalue weighted by Gasteiger charge is 2.29. The molecule has 0 saturated carbocycles. The normalized spacial score (nSPS) is 11.5. The predicted molar refractivity (Wildman–Crippen MR) is 86.6 cm³/mol. The molecule has 1 aromatic heterocycles. The van der Waals surface area contributed by atoms with Gasteiger partial charge < -0.3 is 14.5 Å². The van der Waals surface area contributed by atoms with Gasteiger partial charge in [0.2, 0.25) is 0 Å². The first-order valence-electron chi connectivity index (χ1n) is 6.95. The van der Waals surface area contributed by atoms with Gasteiger partial charge in [-0.05, 0) is 54.4 Å². The number of rotatable bonds is 4. The van der Waals surface area contributed by atoms with Gasteiger partial charge in [0.15, 0.2) is 6.61 Å². The minimum Gasteiger partial charge on any atom is -0.482 e. The Morgan fingerprint density at radius 1 is 1.25 bits per heavy atom. The summed E-state index contributed by atoms with van der Waals surface area (Å²) in [5.41, 5.74) is 1.15. The molecule has 24 heavy (non-hydrogen) atoms. The molecule has 1 N–H and O–H groups in total. The van der Waals surface area contributed by atoms with Gasteiger partial charge in [-0.3, -0.25) is 4.79 Å². The molecule has 0 saturated heterocycles. The number of alkyl halides is 3. The number of hydrogen-bond donors (Lipinski definition) is 1. The third kappa shape index (κ3) is 4.31. The molecule has 0 aliphatic rings. The summed E-state index contributed by atoms with van der Waals surface area (Å²) in [5.74, 6) is 0.392. The van der Waals surface area contributed by atoms with Gasteiger partial charge in [-0.25, -0.2) is 0 Å². The molecule has 1 aromatic carbocycles. The van der Waals surface area contributed by atoms with Crippen LogP contribution in [0.3, 0.4) is 0 Å². The fourth-order valence-electron chi connectivity index (χ4n) is 2.11. The molecule has 0 atom stereocenters. The molecule has 0 spiro atoms. The second kappa shape index (κ2) is 6.88. The van der Waals surface area contributed by atoms with E-state index in [1.54, 1.807) is 26.8 Å². The van der Waals surface area contributed by atoms with Crippen molar-refractivity contribution in [1.82, 2.24) is 0 Å². The van der Waals surface area contributed by atoms with Gasteiger partial charge in [0, 0.05) is 0 Å². The Kier molecular flexibility index (Phi) is 5.27. The number of aryl methyl sites for hydroxylation is 3. The SMILES string of the molecule is Cc1ccc(NC(=O)c2c(C)oc(C)c2Br)c(OCC(F)(F)F)c1. The summed E-state index contributed by atoms with van der Waals surface area (Å²) in [4.78, 5) is 12.4. The number of carbonyl (C=O) groups excluding carboxylic acids is 1. The zero-order valence-electron chi connectivity index (χ0n) is 13.2. The van der Waals surface area contributed by atoms with Gasteiger partial charge in [0.05, 0.1) is 15.7 Å². The van der Waals surface area contributed by atoms with Gasteiger partial charge in [-0.15, -0.1) is 0 Å². The third-order valence-electron chi connectivity index (χ3n) is 3.19. The predicted octanol–water partition coefficient (Wildman–Crippen LogP) is 5.16. The van der Waals surface area contributed by atoms with Crippen LogP contribution in [0.1, 0.15) is 27.4 Å². The van der Waals surface area contributed by atoms with Crippen LogP contribution in [-0.4, -0.2) is 18.7 Å². The van der Waals surface area contributed by atoms with Crippen molar-refractivity contribution >= 4 is 27.5 Å². The number of benzene rings is 1. The monoisotopic (exact) mass is 405 g/mol. The van der Waals surface area contributed by atoms with Crippen LogP contribution in [0.2, 0.25) is 0 Å². The fraction of sp³-hybridized carbons (Fsp3) is 0.312. The van der Waals surface area contributed by atoms with E-state index < -0.39 is 18.7 Å². The second-order valence-electron chi connectivity index (χ2n) is 5.26. The average molecular weight is 406 g/mol. The number of furan rings is 1. The minimum atomic E-state index is -4.47.